The van der Waals surface area contributed by atoms with Gasteiger partial charge in [-0.3, -0.25) is 14.5 Å². The van der Waals surface area contributed by atoms with Gasteiger partial charge in [-0.05, 0) is 51.7 Å². The highest BCUT2D eigenvalue weighted by atomic mass is 35.5. The molecule has 0 aliphatic heterocycles. The summed E-state index contributed by atoms with van der Waals surface area (Å²) in [6.45, 7) is 4.73. The van der Waals surface area contributed by atoms with Crippen LogP contribution in [-0.2, 0) is 0 Å². The molecule has 0 saturated heterocycles. The largest absolute Gasteiger partial charge is 0.494 e. The molecule has 30 heavy (non-hydrogen) atoms. The third kappa shape index (κ3) is 4.98. The van der Waals surface area contributed by atoms with Gasteiger partial charge in [0.05, 0.1) is 11.8 Å². The van der Waals surface area contributed by atoms with Gasteiger partial charge in [0.15, 0.2) is 10.9 Å². The summed E-state index contributed by atoms with van der Waals surface area (Å²) in [4.78, 5) is 33.3. The van der Waals surface area contributed by atoms with E-state index in [1.165, 1.54) is 18.3 Å². The fraction of sp³-hybridized carbons (Fsp3) is 0.318. The van der Waals surface area contributed by atoms with E-state index in [0.717, 1.165) is 15.8 Å². The molecule has 2 aromatic carbocycles. The first-order valence-electron chi connectivity index (χ1n) is 9.33. The van der Waals surface area contributed by atoms with Crippen LogP contribution in [0.3, 0.4) is 0 Å². The number of benzene rings is 2. The van der Waals surface area contributed by atoms with Crippen LogP contribution < -0.4 is 9.64 Å². The lowest BCUT2D eigenvalue weighted by atomic mass is 10.1. The first-order chi connectivity index (χ1) is 13.8. The van der Waals surface area contributed by atoms with Crippen LogP contribution >= 0.6 is 23.7 Å². The van der Waals surface area contributed by atoms with Crippen molar-refractivity contribution in [2.75, 3.05) is 39.2 Å². The van der Waals surface area contributed by atoms with Gasteiger partial charge in [0, 0.05) is 24.2 Å². The number of nitrogens with zero attached hydrogens (tertiary/aromatic N) is 3. The van der Waals surface area contributed by atoms with E-state index in [2.05, 4.69) is 0 Å². The highest BCUT2D eigenvalue weighted by Crippen LogP contribution is 2.36. The van der Waals surface area contributed by atoms with Crippen LogP contribution in [0.15, 0.2) is 36.4 Å². The molecule has 0 saturated carbocycles. The molecule has 8 heteroatoms. The number of carbonyl (C=O) groups excluding carboxylic acids is 2. The van der Waals surface area contributed by atoms with Crippen LogP contribution in [-0.4, -0.2) is 55.9 Å². The van der Waals surface area contributed by atoms with Gasteiger partial charge in [-0.1, -0.05) is 29.5 Å². The van der Waals surface area contributed by atoms with Gasteiger partial charge >= 0.3 is 0 Å². The van der Waals surface area contributed by atoms with Gasteiger partial charge < -0.3 is 9.64 Å². The Morgan fingerprint density at radius 1 is 1.03 bits per heavy atom. The van der Waals surface area contributed by atoms with E-state index >= 15 is 0 Å². The van der Waals surface area contributed by atoms with Crippen molar-refractivity contribution < 1.29 is 14.3 Å². The molecule has 0 aliphatic carbocycles. The Bertz CT molecular complexity index is 1050. The maximum absolute atomic E-state index is 13.3. The number of Topliss-reactive ketones (excluding diaryl/α,β-unsaturated/α-hetero) is 1. The summed E-state index contributed by atoms with van der Waals surface area (Å²) in [5.41, 5.74) is 2.97. The Morgan fingerprint density at radius 2 is 1.67 bits per heavy atom. The fourth-order valence-electron chi connectivity index (χ4n) is 2.97. The molecule has 0 aliphatic rings. The number of thiazole rings is 1. The summed E-state index contributed by atoms with van der Waals surface area (Å²) in [6, 6.07) is 10.7. The lowest BCUT2D eigenvalue weighted by molar-refractivity contribution is 0.0981. The van der Waals surface area contributed by atoms with Crippen molar-refractivity contribution in [1.82, 2.24) is 9.88 Å². The summed E-state index contributed by atoms with van der Waals surface area (Å²) >= 11 is 1.49. The molecule has 0 fully saturated rings. The van der Waals surface area contributed by atoms with Crippen molar-refractivity contribution in [3.05, 3.63) is 53.1 Å². The third-order valence-electron chi connectivity index (χ3n) is 4.70. The average Bonchev–Trinajstić information content (AvgIpc) is 3.14. The minimum absolute atomic E-state index is 0. The number of anilines is 1. The highest BCUT2D eigenvalue weighted by Gasteiger charge is 2.23. The quantitative estimate of drug-likeness (QED) is 0.501. The standard InChI is InChI=1S/C22H25N3O3S.ClH/c1-14-6-11-18(28-5)19-20(14)29-22(23-19)25(13-12-24(3)4)21(27)17-9-7-16(8-10-17)15(2)26;/h6-11H,12-13H2,1-5H3;1H. The number of aromatic nitrogens is 1. The molecule has 0 atom stereocenters. The Balaban J connectivity index is 0.00000320. The van der Waals surface area contributed by atoms with Crippen LogP contribution in [0.5, 0.6) is 5.75 Å². The smallest absolute Gasteiger partial charge is 0.260 e. The average molecular weight is 448 g/mol. The van der Waals surface area contributed by atoms with E-state index in [-0.39, 0.29) is 24.1 Å². The second kappa shape index (κ2) is 10.0. The zero-order valence-corrected chi connectivity index (χ0v) is 19.4. The summed E-state index contributed by atoms with van der Waals surface area (Å²) < 4.78 is 6.46. The molecule has 160 valence electrons. The van der Waals surface area contributed by atoms with Crippen LogP contribution in [0, 0.1) is 6.92 Å². The third-order valence-corrected chi connectivity index (χ3v) is 5.91. The number of ketones is 1. The molecule has 0 bridgehead atoms. The summed E-state index contributed by atoms with van der Waals surface area (Å²) in [5.74, 6) is 0.527. The molecule has 6 nitrogen and oxygen atoms in total. The SMILES string of the molecule is COc1ccc(C)c2sc(N(CCN(C)C)C(=O)c3ccc(C(C)=O)cc3)nc12.Cl. The number of amides is 1. The van der Waals surface area contributed by atoms with Crippen LogP contribution in [0.25, 0.3) is 10.2 Å². The second-order valence-corrected chi connectivity index (χ2v) is 8.13. The molecule has 0 radical (unpaired) electrons. The zero-order valence-electron chi connectivity index (χ0n) is 17.8. The Labute approximate surface area is 186 Å². The number of likely N-dealkylation sites (N-methyl/N-ethyl adjacent to an activating group) is 1. The lowest BCUT2D eigenvalue weighted by Crippen LogP contribution is -2.36. The van der Waals surface area contributed by atoms with Crippen molar-refractivity contribution in [3.63, 3.8) is 0 Å². The van der Waals surface area contributed by atoms with Crippen molar-refractivity contribution in [2.24, 2.45) is 0 Å². The van der Waals surface area contributed by atoms with E-state index in [0.29, 0.717) is 35.1 Å². The van der Waals surface area contributed by atoms with E-state index in [9.17, 15) is 9.59 Å². The zero-order chi connectivity index (χ0) is 21.1. The minimum atomic E-state index is -0.141. The van der Waals surface area contributed by atoms with E-state index in [1.54, 1.807) is 36.3 Å². The molecular weight excluding hydrogens is 422 g/mol. The number of hydrogen-bond donors (Lipinski definition) is 0. The molecule has 3 rings (SSSR count). The number of halogens is 1. The van der Waals surface area contributed by atoms with Gasteiger partial charge in [0.2, 0.25) is 0 Å². The van der Waals surface area contributed by atoms with E-state index in [4.69, 9.17) is 9.72 Å². The molecule has 0 spiro atoms. The number of carbonyl (C=O) groups is 2. The van der Waals surface area contributed by atoms with Crippen molar-refractivity contribution in [2.45, 2.75) is 13.8 Å². The van der Waals surface area contributed by atoms with Gasteiger partial charge in [0.25, 0.3) is 5.91 Å². The van der Waals surface area contributed by atoms with Gasteiger partial charge in [-0.2, -0.15) is 0 Å². The highest BCUT2D eigenvalue weighted by molar-refractivity contribution is 7.22. The molecular formula is C22H26ClN3O3S. The predicted octanol–water partition coefficient (Wildman–Crippen LogP) is 4.45. The Morgan fingerprint density at radius 3 is 2.23 bits per heavy atom. The van der Waals surface area contributed by atoms with Crippen LogP contribution in [0.4, 0.5) is 5.13 Å². The number of fused-ring (bicyclic) bond motifs is 1. The first kappa shape index (κ1) is 23.8. The summed E-state index contributed by atoms with van der Waals surface area (Å²) in [7, 11) is 5.56. The molecule has 0 N–H and O–H groups in total. The predicted molar refractivity (Wildman–Crippen MR) is 125 cm³/mol. The number of rotatable bonds is 7. The van der Waals surface area contributed by atoms with Crippen molar-refractivity contribution in [1.29, 1.82) is 0 Å². The number of methoxy groups -OCH3 is 1. The van der Waals surface area contributed by atoms with Crippen LogP contribution in [0.2, 0.25) is 0 Å². The first-order valence-corrected chi connectivity index (χ1v) is 10.1. The number of ether oxygens (including phenoxy) is 1. The topological polar surface area (TPSA) is 62.7 Å². The fourth-order valence-corrected chi connectivity index (χ4v) is 4.04. The number of aryl methyl sites for hydroxylation is 1. The van der Waals surface area contributed by atoms with Crippen molar-refractivity contribution in [3.8, 4) is 5.75 Å². The lowest BCUT2D eigenvalue weighted by Gasteiger charge is -2.22. The molecule has 0 unspecified atom stereocenters. The maximum atomic E-state index is 13.3. The molecule has 1 aromatic heterocycles. The van der Waals surface area contributed by atoms with Gasteiger partial charge in [-0.15, -0.1) is 12.4 Å². The second-order valence-electron chi connectivity index (χ2n) is 7.15. The maximum Gasteiger partial charge on any atom is 0.260 e. The molecule has 3 aromatic rings. The van der Waals surface area contributed by atoms with Crippen LogP contribution in [0.1, 0.15) is 33.2 Å². The van der Waals surface area contributed by atoms with E-state index in [1.807, 2.05) is 38.1 Å². The molecule has 1 heterocycles. The van der Waals surface area contributed by atoms with Gasteiger partial charge in [0.1, 0.15) is 11.3 Å². The summed E-state index contributed by atoms with van der Waals surface area (Å²) in [5, 5.41) is 0.634. The van der Waals surface area contributed by atoms with E-state index < -0.39 is 0 Å². The van der Waals surface area contributed by atoms with Gasteiger partial charge in [-0.25, -0.2) is 4.98 Å². The molecule has 1 amide bonds. The Kier molecular flexibility index (Phi) is 7.95. The summed E-state index contributed by atoms with van der Waals surface area (Å²) in [6.07, 6.45) is 0. The normalized spacial score (nSPS) is 10.7. The number of hydrogen-bond acceptors (Lipinski definition) is 6. The Hall–Kier alpha value is -2.48. The monoisotopic (exact) mass is 447 g/mol. The minimum Gasteiger partial charge on any atom is -0.494 e. The van der Waals surface area contributed by atoms with Crippen molar-refractivity contribution >= 4 is 50.8 Å².